The fourth-order valence-corrected chi connectivity index (χ4v) is 3.12. The molecule has 9 nitrogen and oxygen atoms in total. The zero-order valence-electron chi connectivity index (χ0n) is 12.9. The molecule has 2 aromatic rings. The third-order valence-corrected chi connectivity index (χ3v) is 4.64. The van der Waals surface area contributed by atoms with Gasteiger partial charge >= 0.3 is 7.12 Å². The van der Waals surface area contributed by atoms with Crippen molar-refractivity contribution in [3.63, 3.8) is 0 Å². The number of aromatic nitrogens is 4. The van der Waals surface area contributed by atoms with E-state index in [2.05, 4.69) is 20.8 Å². The number of amides is 1. The molecule has 1 atom stereocenters. The van der Waals surface area contributed by atoms with Gasteiger partial charge in [-0.15, -0.1) is 5.10 Å². The van der Waals surface area contributed by atoms with Crippen LogP contribution in [0.25, 0.3) is 0 Å². The summed E-state index contributed by atoms with van der Waals surface area (Å²) in [5, 5.41) is 33.7. The molecule has 11 heteroatoms. The Morgan fingerprint density at radius 1 is 1.58 bits per heavy atom. The maximum absolute atomic E-state index is 12.1. The molecular weight excluding hydrogens is 333 g/mol. The summed E-state index contributed by atoms with van der Waals surface area (Å²) in [5.41, 5.74) is 1.45. The molecule has 24 heavy (non-hydrogen) atoms. The smallest absolute Gasteiger partial charge is 0.534 e. The first-order valence-corrected chi connectivity index (χ1v) is 8.28. The second-order valence-electron chi connectivity index (χ2n) is 5.32. The molecule has 126 valence electrons. The fourth-order valence-electron chi connectivity index (χ4n) is 2.46. The number of hydrogen-bond donors (Lipinski definition) is 3. The number of aliphatic hydroxyl groups excluding tert-OH is 1. The molecule has 0 saturated heterocycles. The predicted octanol–water partition coefficient (Wildman–Crippen LogP) is -1.07. The number of aliphatic hydroxyl groups is 1. The van der Waals surface area contributed by atoms with Crippen LogP contribution in [0.3, 0.4) is 0 Å². The van der Waals surface area contributed by atoms with Crippen LogP contribution in [0.4, 0.5) is 0 Å². The minimum atomic E-state index is -1.17. The van der Waals surface area contributed by atoms with E-state index in [1.165, 1.54) is 16.4 Å². The lowest BCUT2D eigenvalue weighted by Gasteiger charge is -2.29. The van der Waals surface area contributed by atoms with E-state index in [-0.39, 0.29) is 18.3 Å². The minimum absolute atomic E-state index is 0.126. The van der Waals surface area contributed by atoms with Gasteiger partial charge in [-0.1, -0.05) is 30.0 Å². The standard InChI is InChI=1S/C13H16BN5O4S/c1-19-13(16-17-18-19)24-7-11(21)15-10-5-8-3-2-4-9(6-20)12(8)23-14(10)22/h2-4,10,20,22H,5-7H2,1H3,(H,15,21). The SMILES string of the molecule is Cn1nnnc1SCC(=O)NC1Cc2cccc(CO)c2OB1O. The van der Waals surface area contributed by atoms with Gasteiger partial charge in [0.25, 0.3) is 0 Å². The second kappa shape index (κ2) is 7.20. The Labute approximate surface area is 142 Å². The first-order chi connectivity index (χ1) is 11.6. The lowest BCUT2D eigenvalue weighted by Crippen LogP contribution is -2.53. The molecule has 1 unspecified atom stereocenters. The lowest BCUT2D eigenvalue weighted by molar-refractivity contribution is -0.118. The van der Waals surface area contributed by atoms with E-state index in [9.17, 15) is 14.9 Å². The van der Waals surface area contributed by atoms with Gasteiger partial charge < -0.3 is 20.1 Å². The summed E-state index contributed by atoms with van der Waals surface area (Å²) in [6.45, 7) is -0.171. The van der Waals surface area contributed by atoms with Crippen LogP contribution < -0.4 is 9.97 Å². The molecule has 1 aliphatic rings. The quantitative estimate of drug-likeness (QED) is 0.461. The van der Waals surface area contributed by atoms with Crippen LogP contribution in [0.2, 0.25) is 0 Å². The van der Waals surface area contributed by atoms with Crippen molar-refractivity contribution in [3.05, 3.63) is 29.3 Å². The first-order valence-electron chi connectivity index (χ1n) is 7.29. The number of carbonyl (C=O) groups excluding carboxylic acids is 1. The molecule has 1 aromatic heterocycles. The van der Waals surface area contributed by atoms with Gasteiger partial charge in [-0.25, -0.2) is 4.68 Å². The molecule has 3 rings (SSSR count). The predicted molar refractivity (Wildman–Crippen MR) is 86.1 cm³/mol. The van der Waals surface area contributed by atoms with Crippen LogP contribution in [0.5, 0.6) is 5.75 Å². The number of para-hydroxylation sites is 1. The Morgan fingerprint density at radius 2 is 2.42 bits per heavy atom. The lowest BCUT2D eigenvalue weighted by atomic mass is 9.72. The monoisotopic (exact) mass is 349 g/mol. The first kappa shape index (κ1) is 16.7. The highest BCUT2D eigenvalue weighted by atomic mass is 32.2. The highest BCUT2D eigenvalue weighted by Crippen LogP contribution is 2.30. The number of benzene rings is 1. The van der Waals surface area contributed by atoms with Crippen molar-refractivity contribution in [2.24, 2.45) is 7.05 Å². The Kier molecular flexibility index (Phi) is 5.02. The molecule has 3 N–H and O–H groups in total. The third-order valence-electron chi connectivity index (χ3n) is 3.63. The van der Waals surface area contributed by atoms with Gasteiger partial charge in [0.1, 0.15) is 5.75 Å². The maximum Gasteiger partial charge on any atom is 0.547 e. The molecule has 1 aromatic carbocycles. The molecular formula is C13H16BN5O4S. The summed E-state index contributed by atoms with van der Waals surface area (Å²) in [6.07, 6.45) is 0.423. The number of fused-ring (bicyclic) bond motifs is 1. The number of thioether (sulfide) groups is 1. The number of aryl methyl sites for hydroxylation is 1. The van der Waals surface area contributed by atoms with Gasteiger partial charge in [-0.3, -0.25) is 4.79 Å². The van der Waals surface area contributed by atoms with Crippen LogP contribution in [-0.2, 0) is 24.9 Å². The summed E-state index contributed by atoms with van der Waals surface area (Å²) in [6, 6.07) is 5.39. The molecule has 0 aliphatic carbocycles. The van der Waals surface area contributed by atoms with Gasteiger partial charge in [-0.2, -0.15) is 0 Å². The number of nitrogens with zero attached hydrogens (tertiary/aromatic N) is 4. The number of nitrogens with one attached hydrogen (secondary N) is 1. The molecule has 1 aliphatic heterocycles. The topological polar surface area (TPSA) is 122 Å². The van der Waals surface area contributed by atoms with Gasteiger partial charge in [-0.05, 0) is 22.4 Å². The van der Waals surface area contributed by atoms with E-state index in [1.54, 1.807) is 19.2 Å². The molecule has 0 spiro atoms. The summed E-state index contributed by atoms with van der Waals surface area (Å²) in [7, 11) is 0.518. The van der Waals surface area contributed by atoms with Gasteiger partial charge in [0.05, 0.1) is 18.3 Å². The number of hydrogen-bond acceptors (Lipinski definition) is 8. The second-order valence-corrected chi connectivity index (χ2v) is 6.27. The van der Waals surface area contributed by atoms with Crippen LogP contribution in [0.1, 0.15) is 11.1 Å². The average Bonchev–Trinajstić information content (AvgIpc) is 2.98. The Hall–Kier alpha value is -2.11. The molecule has 0 bridgehead atoms. The normalized spacial score (nSPS) is 16.5. The van der Waals surface area contributed by atoms with Crippen molar-refractivity contribution in [1.82, 2.24) is 25.5 Å². The average molecular weight is 349 g/mol. The van der Waals surface area contributed by atoms with E-state index in [1.807, 2.05) is 6.07 Å². The highest BCUT2D eigenvalue weighted by Gasteiger charge is 2.36. The van der Waals surface area contributed by atoms with Crippen molar-refractivity contribution in [2.75, 3.05) is 5.75 Å². The van der Waals surface area contributed by atoms with Crippen LogP contribution in [-0.4, -0.2) is 55.1 Å². The molecule has 0 fully saturated rings. The minimum Gasteiger partial charge on any atom is -0.534 e. The van der Waals surface area contributed by atoms with Crippen molar-refractivity contribution >= 4 is 24.8 Å². The summed E-state index contributed by atoms with van der Waals surface area (Å²) >= 11 is 1.20. The zero-order valence-corrected chi connectivity index (χ0v) is 13.7. The number of tetrazole rings is 1. The van der Waals surface area contributed by atoms with Crippen LogP contribution in [0.15, 0.2) is 23.4 Å². The van der Waals surface area contributed by atoms with Crippen molar-refractivity contribution < 1.29 is 19.6 Å². The maximum atomic E-state index is 12.1. The van der Waals surface area contributed by atoms with E-state index in [4.69, 9.17) is 4.65 Å². The third kappa shape index (κ3) is 3.52. The van der Waals surface area contributed by atoms with Crippen LogP contribution >= 0.6 is 11.8 Å². The zero-order chi connectivity index (χ0) is 17.1. The molecule has 0 radical (unpaired) electrons. The van der Waals surface area contributed by atoms with E-state index in [0.29, 0.717) is 22.9 Å². The highest BCUT2D eigenvalue weighted by molar-refractivity contribution is 7.99. The summed E-state index contributed by atoms with van der Waals surface area (Å²) in [5.74, 6) is -0.201. The molecule has 2 heterocycles. The van der Waals surface area contributed by atoms with Gasteiger partial charge in [0, 0.05) is 12.6 Å². The van der Waals surface area contributed by atoms with Crippen molar-refractivity contribution in [2.45, 2.75) is 24.1 Å². The number of rotatable bonds is 5. The Bertz CT molecular complexity index is 743. The number of carbonyl (C=O) groups is 1. The summed E-state index contributed by atoms with van der Waals surface area (Å²) < 4.78 is 6.95. The van der Waals surface area contributed by atoms with E-state index >= 15 is 0 Å². The molecule has 0 saturated carbocycles. The van der Waals surface area contributed by atoms with E-state index < -0.39 is 13.1 Å². The van der Waals surface area contributed by atoms with E-state index in [0.717, 1.165) is 5.56 Å². The Balaban J connectivity index is 1.61. The van der Waals surface area contributed by atoms with Gasteiger partial charge in [0.15, 0.2) is 0 Å². The van der Waals surface area contributed by atoms with Crippen LogP contribution in [0, 0.1) is 0 Å². The summed E-state index contributed by atoms with van der Waals surface area (Å²) in [4.78, 5) is 12.1. The van der Waals surface area contributed by atoms with Crippen molar-refractivity contribution in [1.29, 1.82) is 0 Å². The van der Waals surface area contributed by atoms with Crippen molar-refractivity contribution in [3.8, 4) is 5.75 Å². The molecule has 1 amide bonds. The fraction of sp³-hybridized carbons (Fsp3) is 0.385. The largest absolute Gasteiger partial charge is 0.547 e. The van der Waals surface area contributed by atoms with Gasteiger partial charge in [0.2, 0.25) is 11.1 Å². The Morgan fingerprint density at radius 3 is 3.12 bits per heavy atom.